The molecule has 3 aromatic heterocycles. The molecule has 1 aliphatic carbocycles. The lowest BCUT2D eigenvalue weighted by Gasteiger charge is -2.43. The highest BCUT2D eigenvalue weighted by Crippen LogP contribution is 2.39. The number of morpholine rings is 1. The molecule has 0 radical (unpaired) electrons. The number of nitrogens with one attached hydrogen (secondary N) is 1. The molecule has 2 aliphatic heterocycles. The van der Waals surface area contributed by atoms with Crippen molar-refractivity contribution in [1.29, 1.82) is 0 Å². The first-order valence-corrected chi connectivity index (χ1v) is 17.9. The maximum atomic E-state index is 6.48. The normalized spacial score (nSPS) is 22.8. The summed E-state index contributed by atoms with van der Waals surface area (Å²) in [7, 11) is 1.66. The Hall–Kier alpha value is -3.82. The van der Waals surface area contributed by atoms with Crippen LogP contribution in [0.25, 0.3) is 11.1 Å². The summed E-state index contributed by atoms with van der Waals surface area (Å²) < 4.78 is 32.6. The van der Waals surface area contributed by atoms with Gasteiger partial charge in [-0.25, -0.2) is 19.6 Å². The van der Waals surface area contributed by atoms with E-state index in [4.69, 9.17) is 40.4 Å². The molecular weight excluding hydrogens is 662 g/mol. The van der Waals surface area contributed by atoms with E-state index < -0.39 is 0 Å². The van der Waals surface area contributed by atoms with Crippen molar-refractivity contribution in [1.82, 2.24) is 39.4 Å². The fraction of sp³-hybridized carbons (Fsp3) is 0.571. The first kappa shape index (κ1) is 34.6. The molecule has 1 N–H and O–H groups in total. The van der Waals surface area contributed by atoms with Crippen LogP contribution in [0, 0.1) is 0 Å². The maximum Gasteiger partial charge on any atom is 0.257 e. The van der Waals surface area contributed by atoms with Crippen molar-refractivity contribution >= 4 is 23.2 Å². The van der Waals surface area contributed by atoms with Crippen molar-refractivity contribution in [3.05, 3.63) is 54.5 Å². The molecule has 2 saturated heterocycles. The third-order valence-corrected chi connectivity index (χ3v) is 10.1. The van der Waals surface area contributed by atoms with Crippen LogP contribution in [-0.4, -0.2) is 110 Å². The molecule has 1 saturated carbocycles. The van der Waals surface area contributed by atoms with Gasteiger partial charge < -0.3 is 29.0 Å². The van der Waals surface area contributed by atoms with Crippen LogP contribution in [-0.2, 0) is 20.8 Å². The van der Waals surface area contributed by atoms with Crippen LogP contribution >= 0.6 is 11.6 Å². The minimum atomic E-state index is -0.170. The highest BCUT2D eigenvalue weighted by molar-refractivity contribution is 6.32. The lowest BCUT2D eigenvalue weighted by molar-refractivity contribution is -0.0458. The fourth-order valence-corrected chi connectivity index (χ4v) is 7.52. The van der Waals surface area contributed by atoms with Crippen LogP contribution in [0.1, 0.15) is 51.5 Å². The van der Waals surface area contributed by atoms with Gasteiger partial charge in [0.15, 0.2) is 0 Å². The zero-order chi connectivity index (χ0) is 34.3. The fourth-order valence-electron chi connectivity index (χ4n) is 7.35. The Labute approximate surface area is 297 Å². The van der Waals surface area contributed by atoms with Gasteiger partial charge in [0.2, 0.25) is 5.95 Å². The smallest absolute Gasteiger partial charge is 0.257 e. The molecule has 5 heterocycles. The number of nitrogens with zero attached hydrogens (tertiary/aromatic N) is 8. The van der Waals surface area contributed by atoms with Crippen LogP contribution in [0.5, 0.6) is 11.6 Å². The van der Waals surface area contributed by atoms with Crippen molar-refractivity contribution in [3.63, 3.8) is 0 Å². The molecule has 0 unspecified atom stereocenters. The molecular formula is C35H46ClN9O5. The van der Waals surface area contributed by atoms with Crippen molar-refractivity contribution in [2.24, 2.45) is 0 Å². The van der Waals surface area contributed by atoms with Gasteiger partial charge in [0.25, 0.3) is 5.88 Å². The Bertz CT molecular complexity index is 1630. The number of anilines is 2. The molecule has 2 bridgehead atoms. The number of hydrogen-bond acceptors (Lipinski definition) is 12. The van der Waals surface area contributed by atoms with E-state index in [0.717, 1.165) is 50.0 Å². The summed E-state index contributed by atoms with van der Waals surface area (Å²) in [5.74, 6) is 1.51. The summed E-state index contributed by atoms with van der Waals surface area (Å²) in [5, 5.41) is 12.9. The zero-order valence-electron chi connectivity index (χ0n) is 28.7. The largest absolute Gasteiger partial charge is 0.487 e. The van der Waals surface area contributed by atoms with Gasteiger partial charge in [0, 0.05) is 43.2 Å². The number of halogens is 1. The Morgan fingerprint density at radius 3 is 2.42 bits per heavy atom. The molecule has 0 spiro atoms. The van der Waals surface area contributed by atoms with E-state index in [0.29, 0.717) is 85.4 Å². The Morgan fingerprint density at radius 2 is 1.68 bits per heavy atom. The number of aromatic nitrogens is 7. The van der Waals surface area contributed by atoms with Crippen LogP contribution in [0.3, 0.4) is 0 Å². The van der Waals surface area contributed by atoms with E-state index in [1.54, 1.807) is 30.5 Å². The number of rotatable bonds is 16. The van der Waals surface area contributed by atoms with Crippen LogP contribution in [0.15, 0.2) is 49.4 Å². The maximum absolute atomic E-state index is 6.48. The minimum absolute atomic E-state index is 0.170. The summed E-state index contributed by atoms with van der Waals surface area (Å²) in [6, 6.07) is 7.73. The first-order valence-electron chi connectivity index (χ1n) is 17.6. The quantitative estimate of drug-likeness (QED) is 0.154. The molecule has 4 aromatic rings. The molecule has 14 nitrogen and oxygen atoms in total. The van der Waals surface area contributed by atoms with Gasteiger partial charge in [-0.15, -0.1) is 5.10 Å². The van der Waals surface area contributed by atoms with Gasteiger partial charge >= 0.3 is 0 Å². The Balaban J connectivity index is 1.01. The van der Waals surface area contributed by atoms with Gasteiger partial charge in [-0.05, 0) is 63.1 Å². The van der Waals surface area contributed by atoms with Crippen LogP contribution in [0.4, 0.5) is 11.6 Å². The number of methoxy groups -OCH3 is 1. The van der Waals surface area contributed by atoms with Crippen molar-refractivity contribution in [3.8, 4) is 22.8 Å². The number of fused-ring (bicyclic) bond motifs is 2. The topological polar surface area (TPSA) is 136 Å². The van der Waals surface area contributed by atoms with Crippen LogP contribution < -0.4 is 14.8 Å². The molecule has 15 heteroatoms. The van der Waals surface area contributed by atoms with E-state index in [-0.39, 0.29) is 6.10 Å². The second-order valence-electron chi connectivity index (χ2n) is 13.2. The van der Waals surface area contributed by atoms with Crippen molar-refractivity contribution in [2.75, 3.05) is 52.1 Å². The molecule has 0 amide bonds. The van der Waals surface area contributed by atoms with Crippen molar-refractivity contribution < 1.29 is 23.7 Å². The first-order chi connectivity index (χ1) is 24.5. The predicted molar refractivity (Wildman–Crippen MR) is 187 cm³/mol. The average molecular weight is 708 g/mol. The molecule has 7 rings (SSSR count). The SMILES string of the molecule is COCCOCCOc1nn(C2CCC(N3[C@@H]4CC[C@H]3COC4)CC2)cc1Nc1ncc(-c2ccc(Cl)c(O[C@@H](C)Cn3cncn3)c2)cn1. The lowest BCUT2D eigenvalue weighted by atomic mass is 9.89. The molecule has 3 aliphatic rings. The Morgan fingerprint density at radius 1 is 0.940 bits per heavy atom. The molecule has 268 valence electrons. The van der Waals surface area contributed by atoms with Gasteiger partial charge in [0.05, 0.1) is 56.8 Å². The van der Waals surface area contributed by atoms with E-state index in [1.165, 1.54) is 19.2 Å². The molecule has 50 heavy (non-hydrogen) atoms. The number of hydrogen-bond donors (Lipinski definition) is 1. The molecule has 3 atom stereocenters. The van der Waals surface area contributed by atoms with Gasteiger partial charge in [-0.1, -0.05) is 17.7 Å². The summed E-state index contributed by atoms with van der Waals surface area (Å²) in [6.07, 6.45) is 15.5. The van der Waals surface area contributed by atoms with E-state index >= 15 is 0 Å². The third-order valence-electron chi connectivity index (χ3n) is 9.76. The van der Waals surface area contributed by atoms with Gasteiger partial charge in [-0.2, -0.15) is 5.10 Å². The molecule has 1 aromatic carbocycles. The summed E-state index contributed by atoms with van der Waals surface area (Å²) in [5.41, 5.74) is 2.42. The Kier molecular flexibility index (Phi) is 11.4. The number of ether oxygens (including phenoxy) is 5. The standard InChI is InChI=1S/C35H46ClN9O5/c1-24(18-43-23-37-22-40-43)50-33-15-25(3-10-31(33)36)26-16-38-35(39-17-26)41-32-19-44(42-34(32)49-14-13-47-12-11-46-2)27-4-6-28(7-5-27)45-29-8-9-30(45)21-48-20-29/h3,10,15-17,19,22-24,27-30H,4-9,11-14,18,20-21H2,1-2H3,(H,38,39,41)/t24-,27?,28?,29-,30+/m0/s1. The van der Waals surface area contributed by atoms with Crippen molar-refractivity contribution in [2.45, 2.75) is 82.3 Å². The summed E-state index contributed by atoms with van der Waals surface area (Å²) >= 11 is 6.48. The summed E-state index contributed by atoms with van der Waals surface area (Å²) in [6.45, 7) is 6.10. The average Bonchev–Trinajstić information content (AvgIpc) is 3.85. The second-order valence-corrected chi connectivity index (χ2v) is 13.6. The highest BCUT2D eigenvalue weighted by atomic mass is 35.5. The van der Waals surface area contributed by atoms with Crippen LogP contribution in [0.2, 0.25) is 5.02 Å². The lowest BCUT2D eigenvalue weighted by Crippen LogP contribution is -2.52. The van der Waals surface area contributed by atoms with E-state index in [1.807, 2.05) is 31.3 Å². The second kappa shape index (κ2) is 16.5. The van der Waals surface area contributed by atoms with E-state index in [9.17, 15) is 0 Å². The predicted octanol–water partition coefficient (Wildman–Crippen LogP) is 5.18. The third kappa shape index (κ3) is 8.37. The van der Waals surface area contributed by atoms with E-state index in [2.05, 4.69) is 34.9 Å². The zero-order valence-corrected chi connectivity index (χ0v) is 29.5. The van der Waals surface area contributed by atoms with Gasteiger partial charge in [0.1, 0.15) is 36.8 Å². The monoisotopic (exact) mass is 707 g/mol. The summed E-state index contributed by atoms with van der Waals surface area (Å²) in [4.78, 5) is 16.0. The van der Waals surface area contributed by atoms with Gasteiger partial charge in [-0.3, -0.25) is 9.58 Å². The molecule has 3 fully saturated rings. The number of benzene rings is 1. The highest BCUT2D eigenvalue weighted by Gasteiger charge is 2.42. The minimum Gasteiger partial charge on any atom is -0.487 e.